The van der Waals surface area contributed by atoms with Crippen LogP contribution >= 0.6 is 23.2 Å². The van der Waals surface area contributed by atoms with Gasteiger partial charge in [-0.3, -0.25) is 0 Å². The molecule has 0 bridgehead atoms. The maximum Gasteiger partial charge on any atom is 0.0406 e. The highest BCUT2D eigenvalue weighted by molar-refractivity contribution is 6.30. The highest BCUT2D eigenvalue weighted by Crippen LogP contribution is 2.12. The molecule has 0 aliphatic rings. The van der Waals surface area contributed by atoms with E-state index in [1.165, 1.54) is 11.1 Å². The van der Waals surface area contributed by atoms with Crippen molar-refractivity contribution in [3.05, 3.63) is 69.7 Å². The molecule has 0 amide bonds. The van der Waals surface area contributed by atoms with E-state index in [1.54, 1.807) is 0 Å². The summed E-state index contributed by atoms with van der Waals surface area (Å²) in [5.74, 6) is 0. The van der Waals surface area contributed by atoms with Crippen LogP contribution in [0.2, 0.25) is 10.0 Å². The molecule has 19 heavy (non-hydrogen) atoms. The second-order valence-electron chi connectivity index (χ2n) is 4.74. The molecule has 3 heteroatoms. The van der Waals surface area contributed by atoms with Crippen LogP contribution in [0, 0.1) is 0 Å². The summed E-state index contributed by atoms with van der Waals surface area (Å²) in [5.41, 5.74) is 2.59. The van der Waals surface area contributed by atoms with Crippen molar-refractivity contribution in [2.24, 2.45) is 0 Å². The minimum absolute atomic E-state index is 0.785. The molecule has 2 aromatic carbocycles. The van der Waals surface area contributed by atoms with Gasteiger partial charge in [-0.1, -0.05) is 47.5 Å². The van der Waals surface area contributed by atoms with E-state index in [4.69, 9.17) is 23.2 Å². The first-order chi connectivity index (χ1) is 9.13. The predicted molar refractivity (Wildman–Crippen MR) is 82.9 cm³/mol. The second-order valence-corrected chi connectivity index (χ2v) is 5.61. The molecule has 0 aliphatic heterocycles. The van der Waals surface area contributed by atoms with Crippen LogP contribution in [0.15, 0.2) is 48.5 Å². The number of nitrogens with zero attached hydrogens (tertiary/aromatic N) is 1. The quantitative estimate of drug-likeness (QED) is 0.774. The predicted octanol–water partition coefficient (Wildman–Crippen LogP) is 4.67. The van der Waals surface area contributed by atoms with Gasteiger partial charge in [-0.05, 0) is 48.9 Å². The molecule has 0 heterocycles. The highest BCUT2D eigenvalue weighted by atomic mass is 35.5. The van der Waals surface area contributed by atoms with Crippen LogP contribution in [0.3, 0.4) is 0 Å². The number of halogens is 2. The summed E-state index contributed by atoms with van der Waals surface area (Å²) < 4.78 is 0. The normalized spacial score (nSPS) is 10.9. The molecule has 0 fully saturated rings. The summed E-state index contributed by atoms with van der Waals surface area (Å²) in [5, 5.41) is 1.57. The van der Waals surface area contributed by atoms with Gasteiger partial charge >= 0.3 is 0 Å². The van der Waals surface area contributed by atoms with Gasteiger partial charge < -0.3 is 4.90 Å². The van der Waals surface area contributed by atoms with Crippen molar-refractivity contribution >= 4 is 23.2 Å². The molecule has 0 unspecified atom stereocenters. The van der Waals surface area contributed by atoms with Crippen molar-refractivity contribution in [1.82, 2.24) is 4.90 Å². The lowest BCUT2D eigenvalue weighted by Crippen LogP contribution is -2.20. The Hall–Kier alpha value is -1.02. The molecular weight excluding hydrogens is 277 g/mol. The third kappa shape index (κ3) is 4.87. The lowest BCUT2D eigenvalue weighted by Gasteiger charge is -2.16. The summed E-state index contributed by atoms with van der Waals surface area (Å²) in [6.45, 7) is 1.95. The molecule has 0 N–H and O–H groups in total. The first-order valence-electron chi connectivity index (χ1n) is 6.31. The minimum Gasteiger partial charge on any atom is -0.302 e. The monoisotopic (exact) mass is 293 g/mol. The van der Waals surface area contributed by atoms with Gasteiger partial charge in [-0.2, -0.15) is 0 Å². The fourth-order valence-corrected chi connectivity index (χ4v) is 2.20. The third-order valence-electron chi connectivity index (χ3n) is 3.06. The van der Waals surface area contributed by atoms with Gasteiger partial charge in [-0.15, -0.1) is 0 Å². The Balaban J connectivity index is 1.82. The summed E-state index contributed by atoms with van der Waals surface area (Å²) in [4.78, 5) is 2.30. The molecular formula is C16H17Cl2N. The first-order valence-corrected chi connectivity index (χ1v) is 7.06. The Morgan fingerprint density at radius 2 is 1.26 bits per heavy atom. The van der Waals surface area contributed by atoms with Gasteiger partial charge in [0.1, 0.15) is 0 Å². The third-order valence-corrected chi connectivity index (χ3v) is 3.57. The fraction of sp³-hybridized carbons (Fsp3) is 0.250. The van der Waals surface area contributed by atoms with Gasteiger partial charge in [0.2, 0.25) is 0 Å². The summed E-state index contributed by atoms with van der Waals surface area (Å²) >= 11 is 11.8. The van der Waals surface area contributed by atoms with E-state index in [1.807, 2.05) is 24.3 Å². The van der Waals surface area contributed by atoms with Gasteiger partial charge in [0, 0.05) is 23.1 Å². The van der Waals surface area contributed by atoms with Gasteiger partial charge in [0.05, 0.1) is 0 Å². The molecule has 0 aliphatic carbocycles. The van der Waals surface area contributed by atoms with Crippen LogP contribution in [0.25, 0.3) is 0 Å². The van der Waals surface area contributed by atoms with Crippen molar-refractivity contribution in [3.63, 3.8) is 0 Å². The van der Waals surface area contributed by atoms with Crippen molar-refractivity contribution in [3.8, 4) is 0 Å². The molecule has 2 aromatic rings. The minimum atomic E-state index is 0.785. The zero-order valence-corrected chi connectivity index (χ0v) is 12.5. The molecule has 0 saturated carbocycles. The van der Waals surface area contributed by atoms with E-state index < -0.39 is 0 Å². The van der Waals surface area contributed by atoms with Crippen LogP contribution in [-0.2, 0) is 13.0 Å². The summed E-state index contributed by atoms with van der Waals surface area (Å²) in [7, 11) is 2.13. The zero-order chi connectivity index (χ0) is 13.7. The molecule has 0 atom stereocenters. The number of hydrogen-bond acceptors (Lipinski definition) is 1. The van der Waals surface area contributed by atoms with Crippen molar-refractivity contribution in [2.45, 2.75) is 13.0 Å². The second kappa shape index (κ2) is 6.95. The Morgan fingerprint density at radius 3 is 1.79 bits per heavy atom. The van der Waals surface area contributed by atoms with Crippen LogP contribution in [0.1, 0.15) is 11.1 Å². The van der Waals surface area contributed by atoms with E-state index in [2.05, 4.69) is 36.2 Å². The van der Waals surface area contributed by atoms with E-state index in [9.17, 15) is 0 Å². The number of rotatable bonds is 5. The molecule has 0 saturated heterocycles. The van der Waals surface area contributed by atoms with Crippen molar-refractivity contribution in [1.29, 1.82) is 0 Å². The van der Waals surface area contributed by atoms with Gasteiger partial charge in [-0.25, -0.2) is 0 Å². The Morgan fingerprint density at radius 1 is 0.789 bits per heavy atom. The lowest BCUT2D eigenvalue weighted by molar-refractivity contribution is 0.331. The smallest absolute Gasteiger partial charge is 0.0406 e. The average Bonchev–Trinajstić information content (AvgIpc) is 2.41. The standard InChI is InChI=1S/C16H17Cl2N/c1-19(12-14-4-8-16(18)9-5-14)11-10-13-2-6-15(17)7-3-13/h2-9H,10-12H2,1H3. The van der Waals surface area contributed by atoms with Crippen LogP contribution in [0.5, 0.6) is 0 Å². The molecule has 100 valence electrons. The number of hydrogen-bond donors (Lipinski definition) is 0. The van der Waals surface area contributed by atoms with Crippen LogP contribution in [0.4, 0.5) is 0 Å². The lowest BCUT2D eigenvalue weighted by atomic mass is 10.1. The highest BCUT2D eigenvalue weighted by Gasteiger charge is 2.01. The average molecular weight is 294 g/mol. The zero-order valence-electron chi connectivity index (χ0n) is 10.9. The van der Waals surface area contributed by atoms with Gasteiger partial charge in [0.25, 0.3) is 0 Å². The first kappa shape index (κ1) is 14.4. The Bertz CT molecular complexity index is 505. The van der Waals surface area contributed by atoms with E-state index >= 15 is 0 Å². The van der Waals surface area contributed by atoms with Crippen molar-refractivity contribution < 1.29 is 0 Å². The SMILES string of the molecule is CN(CCc1ccc(Cl)cc1)Cc1ccc(Cl)cc1. The molecule has 0 aromatic heterocycles. The summed E-state index contributed by atoms with van der Waals surface area (Å²) in [6, 6.07) is 16.1. The molecule has 1 nitrogen and oxygen atoms in total. The molecule has 0 radical (unpaired) electrons. The molecule has 2 rings (SSSR count). The van der Waals surface area contributed by atoms with Gasteiger partial charge in [0.15, 0.2) is 0 Å². The summed E-state index contributed by atoms with van der Waals surface area (Å²) in [6.07, 6.45) is 1.03. The topological polar surface area (TPSA) is 3.24 Å². The number of benzene rings is 2. The molecule has 0 spiro atoms. The maximum absolute atomic E-state index is 5.88. The van der Waals surface area contributed by atoms with E-state index in [-0.39, 0.29) is 0 Å². The fourth-order valence-electron chi connectivity index (χ4n) is 1.95. The van der Waals surface area contributed by atoms with E-state index in [0.717, 1.165) is 29.6 Å². The number of likely N-dealkylation sites (N-methyl/N-ethyl adjacent to an activating group) is 1. The maximum atomic E-state index is 5.88. The van der Waals surface area contributed by atoms with Crippen LogP contribution in [-0.4, -0.2) is 18.5 Å². The largest absolute Gasteiger partial charge is 0.302 e. The van der Waals surface area contributed by atoms with Crippen molar-refractivity contribution in [2.75, 3.05) is 13.6 Å². The Kier molecular flexibility index (Phi) is 5.26. The van der Waals surface area contributed by atoms with E-state index in [0.29, 0.717) is 0 Å². The Labute approximate surface area is 124 Å². The van der Waals surface area contributed by atoms with Crippen LogP contribution < -0.4 is 0 Å².